The summed E-state index contributed by atoms with van der Waals surface area (Å²) in [5.41, 5.74) is 11.1. The molecule has 0 unspecified atom stereocenters. The highest BCUT2D eigenvalue weighted by molar-refractivity contribution is 7.25. The third kappa shape index (κ3) is 4.49. The smallest absolute Gasteiger partial charge is 0.164 e. The topological polar surface area (TPSA) is 56.5 Å². The molecule has 4 aromatic heterocycles. The lowest BCUT2D eigenvalue weighted by atomic mass is 9.82. The Morgan fingerprint density at radius 2 is 1.19 bits per heavy atom. The fraction of sp³-hybridized carbons (Fsp3) is 0.0638. The van der Waals surface area contributed by atoms with Crippen molar-refractivity contribution in [3.63, 3.8) is 0 Å². The van der Waals surface area contributed by atoms with Gasteiger partial charge in [0.2, 0.25) is 0 Å². The van der Waals surface area contributed by atoms with Gasteiger partial charge in [0, 0.05) is 64.9 Å². The molecule has 0 N–H and O–H groups in total. The van der Waals surface area contributed by atoms with E-state index < -0.39 is 0 Å². The first kappa shape index (κ1) is 30.2. The van der Waals surface area contributed by atoms with Crippen LogP contribution in [0.15, 0.2) is 152 Å². The highest BCUT2D eigenvalue weighted by Crippen LogP contribution is 2.51. The van der Waals surface area contributed by atoms with Gasteiger partial charge >= 0.3 is 0 Å². The second-order valence-corrected chi connectivity index (χ2v) is 15.4. The maximum absolute atomic E-state index is 5.24. The molecule has 1 aliphatic carbocycles. The van der Waals surface area contributed by atoms with Crippen molar-refractivity contribution in [3.8, 4) is 51.0 Å². The third-order valence-electron chi connectivity index (χ3n) is 10.9. The van der Waals surface area contributed by atoms with Crippen molar-refractivity contribution in [1.29, 1.82) is 0 Å². The SMILES string of the molecule is CC1(C)c2ccccc2-c2c(-c3nc(-c4ccccc4)nc(-c4ccc5c(c4)sc4cc(-n6c7ccccc7c7cccnc76)ccc45)n3)cccc21. The van der Waals surface area contributed by atoms with Crippen molar-refractivity contribution in [2.75, 3.05) is 0 Å². The molecule has 0 aliphatic heterocycles. The summed E-state index contributed by atoms with van der Waals surface area (Å²) in [6.45, 7) is 4.61. The summed E-state index contributed by atoms with van der Waals surface area (Å²) in [7, 11) is 0. The van der Waals surface area contributed by atoms with Crippen LogP contribution < -0.4 is 0 Å². The lowest BCUT2D eigenvalue weighted by molar-refractivity contribution is 0.660. The van der Waals surface area contributed by atoms with E-state index in [0.29, 0.717) is 17.5 Å². The molecule has 0 spiro atoms. The van der Waals surface area contributed by atoms with Crippen LogP contribution in [0.1, 0.15) is 25.0 Å². The summed E-state index contributed by atoms with van der Waals surface area (Å²) < 4.78 is 4.69. The maximum Gasteiger partial charge on any atom is 0.164 e. The van der Waals surface area contributed by atoms with Crippen LogP contribution >= 0.6 is 11.3 Å². The molecule has 0 saturated carbocycles. The predicted molar refractivity (Wildman–Crippen MR) is 219 cm³/mol. The molecule has 53 heavy (non-hydrogen) atoms. The van der Waals surface area contributed by atoms with Crippen molar-refractivity contribution in [2.24, 2.45) is 0 Å². The van der Waals surface area contributed by atoms with E-state index in [1.807, 2.05) is 30.5 Å². The van der Waals surface area contributed by atoms with Gasteiger partial charge in [-0.05, 0) is 58.7 Å². The zero-order chi connectivity index (χ0) is 35.3. The average Bonchev–Trinajstić information content (AvgIpc) is 3.83. The first-order chi connectivity index (χ1) is 26.0. The van der Waals surface area contributed by atoms with Crippen molar-refractivity contribution in [2.45, 2.75) is 19.3 Å². The largest absolute Gasteiger partial charge is 0.294 e. The highest BCUT2D eigenvalue weighted by atomic mass is 32.1. The molecular formula is C47H31N5S. The summed E-state index contributed by atoms with van der Waals surface area (Å²) in [6, 6.07) is 51.6. The summed E-state index contributed by atoms with van der Waals surface area (Å²) in [5.74, 6) is 2.00. The van der Waals surface area contributed by atoms with E-state index in [4.69, 9.17) is 19.9 Å². The van der Waals surface area contributed by atoms with Crippen molar-refractivity contribution in [1.82, 2.24) is 24.5 Å². The Kier molecular flexibility index (Phi) is 6.40. The van der Waals surface area contributed by atoms with Crippen molar-refractivity contribution < 1.29 is 0 Å². The molecule has 0 atom stereocenters. The van der Waals surface area contributed by atoms with Crippen LogP contribution in [-0.2, 0) is 5.41 Å². The normalized spacial score (nSPS) is 13.2. The molecule has 6 heteroatoms. The Labute approximate surface area is 309 Å². The standard InChI is InChI=1S/C47H31N5S/c1-47(2)37-18-8-6-15-35(37)42-36(16-10-19-38(42)47)45-50-43(28-12-4-3-5-13-28)49-44(51-45)29-21-23-32-33-24-22-30(27-41(33)53-40(32)26-29)52-39-20-9-7-14-31(39)34-17-11-25-48-46(34)52/h3-27H,1-2H3. The maximum atomic E-state index is 5.24. The van der Waals surface area contributed by atoms with E-state index in [9.17, 15) is 0 Å². The van der Waals surface area contributed by atoms with Gasteiger partial charge in [0.1, 0.15) is 5.65 Å². The fourth-order valence-electron chi connectivity index (χ4n) is 8.38. The van der Waals surface area contributed by atoms with E-state index in [1.165, 1.54) is 47.8 Å². The molecule has 0 amide bonds. The van der Waals surface area contributed by atoms with Crippen LogP contribution in [0, 0.1) is 0 Å². The molecule has 11 rings (SSSR count). The Morgan fingerprint density at radius 3 is 2.08 bits per heavy atom. The van der Waals surface area contributed by atoms with Crippen LogP contribution in [0.3, 0.4) is 0 Å². The number of fused-ring (bicyclic) bond motifs is 9. The summed E-state index contributed by atoms with van der Waals surface area (Å²) in [4.78, 5) is 20.3. The molecule has 6 aromatic carbocycles. The quantitative estimate of drug-likeness (QED) is 0.184. The lowest BCUT2D eigenvalue weighted by Gasteiger charge is -2.21. The summed E-state index contributed by atoms with van der Waals surface area (Å²) >= 11 is 1.80. The van der Waals surface area contributed by atoms with Crippen LogP contribution in [-0.4, -0.2) is 24.5 Å². The van der Waals surface area contributed by atoms with Gasteiger partial charge in [0.15, 0.2) is 17.5 Å². The number of thiophene rings is 1. The van der Waals surface area contributed by atoms with Gasteiger partial charge in [0.05, 0.1) is 5.52 Å². The van der Waals surface area contributed by atoms with E-state index >= 15 is 0 Å². The number of pyridine rings is 1. The van der Waals surface area contributed by atoms with Crippen molar-refractivity contribution >= 4 is 53.4 Å². The lowest BCUT2D eigenvalue weighted by Crippen LogP contribution is -2.14. The molecule has 1 aliphatic rings. The Morgan fingerprint density at radius 1 is 0.509 bits per heavy atom. The molecule has 5 nitrogen and oxygen atoms in total. The minimum atomic E-state index is -0.121. The van der Waals surface area contributed by atoms with E-state index in [-0.39, 0.29) is 5.41 Å². The first-order valence-corrected chi connectivity index (χ1v) is 18.7. The van der Waals surface area contributed by atoms with Gasteiger partial charge in [-0.25, -0.2) is 19.9 Å². The summed E-state index contributed by atoms with van der Waals surface area (Å²) in [5, 5.41) is 4.81. The van der Waals surface area contributed by atoms with Gasteiger partial charge < -0.3 is 0 Å². The summed E-state index contributed by atoms with van der Waals surface area (Å²) in [6.07, 6.45) is 1.87. The van der Waals surface area contributed by atoms with E-state index in [0.717, 1.165) is 38.9 Å². The molecule has 0 saturated heterocycles. The molecule has 0 bridgehead atoms. The molecule has 0 radical (unpaired) electrons. The monoisotopic (exact) mass is 697 g/mol. The van der Waals surface area contributed by atoms with Gasteiger partial charge in [0.25, 0.3) is 0 Å². The minimum absolute atomic E-state index is 0.121. The molecule has 10 aromatic rings. The highest BCUT2D eigenvalue weighted by Gasteiger charge is 2.37. The van der Waals surface area contributed by atoms with E-state index in [1.54, 1.807) is 11.3 Å². The van der Waals surface area contributed by atoms with Crippen LogP contribution in [0.4, 0.5) is 0 Å². The Balaban J connectivity index is 1.08. The Bertz CT molecular complexity index is 3050. The number of benzene rings is 6. The number of hydrogen-bond donors (Lipinski definition) is 0. The second-order valence-electron chi connectivity index (χ2n) is 14.3. The number of aromatic nitrogens is 5. The first-order valence-electron chi connectivity index (χ1n) is 17.9. The molecule has 4 heterocycles. The molecular weight excluding hydrogens is 667 g/mol. The number of hydrogen-bond acceptors (Lipinski definition) is 5. The number of para-hydroxylation sites is 1. The molecule has 0 fully saturated rings. The minimum Gasteiger partial charge on any atom is -0.294 e. The molecule has 250 valence electrons. The van der Waals surface area contributed by atoms with Crippen molar-refractivity contribution in [3.05, 3.63) is 163 Å². The fourth-order valence-corrected chi connectivity index (χ4v) is 9.56. The Hall–Kier alpha value is -6.50. The van der Waals surface area contributed by atoms with Crippen LogP contribution in [0.5, 0.6) is 0 Å². The average molecular weight is 698 g/mol. The zero-order valence-electron chi connectivity index (χ0n) is 29.1. The number of rotatable bonds is 4. The van der Waals surface area contributed by atoms with Gasteiger partial charge in [-0.3, -0.25) is 4.57 Å². The van der Waals surface area contributed by atoms with Crippen LogP contribution in [0.25, 0.3) is 93.1 Å². The number of nitrogens with zero attached hydrogens (tertiary/aromatic N) is 5. The van der Waals surface area contributed by atoms with Gasteiger partial charge in [-0.2, -0.15) is 0 Å². The van der Waals surface area contributed by atoms with Gasteiger partial charge in [-0.15, -0.1) is 11.3 Å². The van der Waals surface area contributed by atoms with Crippen LogP contribution in [0.2, 0.25) is 0 Å². The predicted octanol–water partition coefficient (Wildman–Crippen LogP) is 12.0. The third-order valence-corrected chi connectivity index (χ3v) is 12.0. The van der Waals surface area contributed by atoms with Gasteiger partial charge in [-0.1, -0.05) is 123 Å². The van der Waals surface area contributed by atoms with E-state index in [2.05, 4.69) is 140 Å². The second kappa shape index (κ2) is 11.2. The zero-order valence-corrected chi connectivity index (χ0v) is 29.9.